The van der Waals surface area contributed by atoms with Crippen molar-refractivity contribution in [2.75, 3.05) is 12.4 Å². The summed E-state index contributed by atoms with van der Waals surface area (Å²) in [4.78, 5) is 11.2. The molecule has 0 aliphatic rings. The van der Waals surface area contributed by atoms with Gasteiger partial charge in [-0.2, -0.15) is 0 Å². The highest BCUT2D eigenvalue weighted by Gasteiger charge is 2.15. The number of nitrogens with one attached hydrogen (secondary N) is 1. The third kappa shape index (κ3) is 4.89. The third-order valence-corrected chi connectivity index (χ3v) is 4.08. The maximum atomic E-state index is 11.2. The number of hydrogen-bond donors (Lipinski definition) is 2. The second-order valence-electron chi connectivity index (χ2n) is 5.95. The van der Waals surface area contributed by atoms with E-state index in [9.17, 15) is 4.79 Å². The molecule has 5 nitrogen and oxygen atoms in total. The number of carboxylic acid groups (broad SMARTS) is 1. The van der Waals surface area contributed by atoms with Gasteiger partial charge in [0.25, 0.3) is 0 Å². The highest BCUT2D eigenvalue weighted by atomic mass is 79.9. The van der Waals surface area contributed by atoms with Crippen molar-refractivity contribution < 1.29 is 19.4 Å². The first kappa shape index (κ1) is 19.1. The number of methoxy groups -OCH3 is 1. The van der Waals surface area contributed by atoms with Crippen molar-refractivity contribution >= 4 is 27.6 Å². The molecule has 0 radical (unpaired) electrons. The van der Waals surface area contributed by atoms with Crippen molar-refractivity contribution in [2.24, 2.45) is 0 Å². The van der Waals surface area contributed by atoms with Crippen molar-refractivity contribution in [3.63, 3.8) is 0 Å². The molecule has 25 heavy (non-hydrogen) atoms. The molecular weight excluding hydrogens is 386 g/mol. The molecule has 0 spiro atoms. The van der Waals surface area contributed by atoms with Gasteiger partial charge in [-0.25, -0.2) is 4.79 Å². The van der Waals surface area contributed by atoms with Crippen LogP contribution in [0, 0.1) is 6.92 Å². The lowest BCUT2D eigenvalue weighted by molar-refractivity contribution is 0.0697. The summed E-state index contributed by atoms with van der Waals surface area (Å²) in [6.45, 7) is 6.32. The topological polar surface area (TPSA) is 67.8 Å². The largest absolute Gasteiger partial charge is 0.493 e. The Kier molecular flexibility index (Phi) is 6.31. The number of carbonyl (C=O) groups is 1. The van der Waals surface area contributed by atoms with Crippen LogP contribution in [0.4, 0.5) is 5.69 Å². The summed E-state index contributed by atoms with van der Waals surface area (Å²) < 4.78 is 12.2. The lowest BCUT2D eigenvalue weighted by Crippen LogP contribution is -2.11. The minimum absolute atomic E-state index is 0.00546. The van der Waals surface area contributed by atoms with Crippen LogP contribution in [-0.2, 0) is 6.54 Å². The van der Waals surface area contributed by atoms with Crippen LogP contribution in [0.15, 0.2) is 34.8 Å². The molecule has 0 bridgehead atoms. The van der Waals surface area contributed by atoms with Gasteiger partial charge in [0, 0.05) is 22.3 Å². The molecule has 6 heteroatoms. The predicted octanol–water partition coefficient (Wildman–Crippen LogP) is 4.86. The van der Waals surface area contributed by atoms with E-state index in [-0.39, 0.29) is 11.7 Å². The van der Waals surface area contributed by atoms with Crippen LogP contribution in [0.1, 0.15) is 35.3 Å². The minimum atomic E-state index is -0.948. The van der Waals surface area contributed by atoms with Crippen LogP contribution < -0.4 is 14.8 Å². The van der Waals surface area contributed by atoms with Gasteiger partial charge >= 0.3 is 5.97 Å². The Hall–Kier alpha value is -2.21. The summed E-state index contributed by atoms with van der Waals surface area (Å²) in [5.74, 6) is 0.382. The monoisotopic (exact) mass is 407 g/mol. The number of benzene rings is 2. The third-order valence-electron chi connectivity index (χ3n) is 3.62. The average molecular weight is 408 g/mol. The molecule has 2 rings (SSSR count). The zero-order chi connectivity index (χ0) is 18.6. The average Bonchev–Trinajstić information content (AvgIpc) is 2.55. The van der Waals surface area contributed by atoms with Gasteiger partial charge in [0.2, 0.25) is 0 Å². The molecule has 2 aromatic rings. The maximum Gasteiger partial charge on any atom is 0.335 e. The van der Waals surface area contributed by atoms with Crippen LogP contribution in [0.25, 0.3) is 0 Å². The molecule has 0 amide bonds. The van der Waals surface area contributed by atoms with E-state index in [0.29, 0.717) is 18.0 Å². The Morgan fingerprint density at radius 3 is 2.60 bits per heavy atom. The van der Waals surface area contributed by atoms with E-state index in [2.05, 4.69) is 21.2 Å². The van der Waals surface area contributed by atoms with Crippen molar-refractivity contribution in [1.29, 1.82) is 0 Å². The van der Waals surface area contributed by atoms with Gasteiger partial charge in [-0.05, 0) is 50.6 Å². The molecule has 0 atom stereocenters. The Balaban J connectivity index is 2.32. The fourth-order valence-corrected chi connectivity index (χ4v) is 2.90. The second-order valence-corrected chi connectivity index (χ2v) is 6.87. The van der Waals surface area contributed by atoms with Crippen LogP contribution >= 0.6 is 15.9 Å². The predicted molar refractivity (Wildman–Crippen MR) is 102 cm³/mol. The van der Waals surface area contributed by atoms with E-state index in [4.69, 9.17) is 14.6 Å². The van der Waals surface area contributed by atoms with Crippen molar-refractivity contribution in [3.8, 4) is 11.5 Å². The first-order chi connectivity index (χ1) is 11.8. The van der Waals surface area contributed by atoms with Crippen molar-refractivity contribution in [1.82, 2.24) is 0 Å². The molecule has 0 aliphatic heterocycles. The molecule has 0 aliphatic carbocycles. The van der Waals surface area contributed by atoms with Gasteiger partial charge in [-0.15, -0.1) is 0 Å². The summed E-state index contributed by atoms with van der Waals surface area (Å²) in [6.07, 6.45) is 0.00546. The Labute approximate surface area is 156 Å². The lowest BCUT2D eigenvalue weighted by Gasteiger charge is -2.19. The zero-order valence-corrected chi connectivity index (χ0v) is 16.3. The number of rotatable bonds is 7. The molecule has 0 fully saturated rings. The SMILES string of the molecule is COc1cc(Br)cc(CNc2cc(C(=O)O)ccc2C)c1OC(C)C. The number of ether oxygens (including phenoxy) is 2. The summed E-state index contributed by atoms with van der Waals surface area (Å²) in [7, 11) is 1.60. The summed E-state index contributed by atoms with van der Waals surface area (Å²) in [6, 6.07) is 8.84. The quantitative estimate of drug-likeness (QED) is 0.685. The summed E-state index contributed by atoms with van der Waals surface area (Å²) in [5.41, 5.74) is 2.91. The standard InChI is InChI=1S/C19H22BrNO4/c1-11(2)25-18-14(7-15(20)9-17(18)24-4)10-21-16-8-13(19(22)23)6-5-12(16)3/h5-9,11,21H,10H2,1-4H3,(H,22,23). The van der Waals surface area contributed by atoms with E-state index in [1.165, 1.54) is 0 Å². The van der Waals surface area contributed by atoms with Crippen LogP contribution in [-0.4, -0.2) is 24.3 Å². The second kappa shape index (κ2) is 8.25. The van der Waals surface area contributed by atoms with E-state index in [1.54, 1.807) is 25.3 Å². The molecule has 2 N–H and O–H groups in total. The van der Waals surface area contributed by atoms with E-state index >= 15 is 0 Å². The molecule has 0 heterocycles. The first-order valence-corrected chi connectivity index (χ1v) is 8.72. The smallest absolute Gasteiger partial charge is 0.335 e. The van der Waals surface area contributed by atoms with Crippen LogP contribution in [0.3, 0.4) is 0 Å². The number of aryl methyl sites for hydroxylation is 1. The van der Waals surface area contributed by atoms with E-state index < -0.39 is 5.97 Å². The summed E-state index contributed by atoms with van der Waals surface area (Å²) in [5, 5.41) is 12.5. The fourth-order valence-electron chi connectivity index (χ4n) is 2.41. The molecule has 134 valence electrons. The lowest BCUT2D eigenvalue weighted by atomic mass is 10.1. The van der Waals surface area contributed by atoms with Crippen molar-refractivity contribution in [3.05, 3.63) is 51.5 Å². The van der Waals surface area contributed by atoms with Crippen LogP contribution in [0.2, 0.25) is 0 Å². The summed E-state index contributed by atoms with van der Waals surface area (Å²) >= 11 is 3.48. The van der Waals surface area contributed by atoms with Crippen molar-refractivity contribution in [2.45, 2.75) is 33.4 Å². The normalized spacial score (nSPS) is 10.6. The van der Waals surface area contributed by atoms with Gasteiger partial charge in [0.15, 0.2) is 11.5 Å². The number of carboxylic acids is 1. The zero-order valence-electron chi connectivity index (χ0n) is 14.7. The highest BCUT2D eigenvalue weighted by Crippen LogP contribution is 2.36. The Morgan fingerprint density at radius 1 is 1.28 bits per heavy atom. The Bertz CT molecular complexity index is 774. The number of anilines is 1. The van der Waals surface area contributed by atoms with Gasteiger partial charge < -0.3 is 19.9 Å². The number of aromatic carboxylic acids is 1. The van der Waals surface area contributed by atoms with Gasteiger partial charge in [0.05, 0.1) is 18.8 Å². The first-order valence-electron chi connectivity index (χ1n) is 7.92. The molecule has 2 aromatic carbocycles. The molecule has 0 saturated heterocycles. The van der Waals surface area contributed by atoms with E-state index in [1.807, 2.05) is 32.9 Å². The minimum Gasteiger partial charge on any atom is -0.493 e. The maximum absolute atomic E-state index is 11.2. The molecule has 0 aromatic heterocycles. The highest BCUT2D eigenvalue weighted by molar-refractivity contribution is 9.10. The van der Waals surface area contributed by atoms with Gasteiger partial charge in [0.1, 0.15) is 0 Å². The fraction of sp³-hybridized carbons (Fsp3) is 0.316. The van der Waals surface area contributed by atoms with Crippen LogP contribution in [0.5, 0.6) is 11.5 Å². The number of halogens is 1. The molecular formula is C19H22BrNO4. The Morgan fingerprint density at radius 2 is 2.00 bits per heavy atom. The molecule has 0 saturated carbocycles. The van der Waals surface area contributed by atoms with Gasteiger partial charge in [-0.1, -0.05) is 22.0 Å². The number of hydrogen-bond acceptors (Lipinski definition) is 4. The van der Waals surface area contributed by atoms with E-state index in [0.717, 1.165) is 21.3 Å². The molecule has 0 unspecified atom stereocenters. The van der Waals surface area contributed by atoms with Gasteiger partial charge in [-0.3, -0.25) is 0 Å².